The number of ether oxygens (including phenoxy) is 1. The van der Waals surface area contributed by atoms with Gasteiger partial charge in [0.25, 0.3) is 0 Å². The van der Waals surface area contributed by atoms with E-state index in [-0.39, 0.29) is 11.8 Å². The lowest BCUT2D eigenvalue weighted by Crippen LogP contribution is -2.56. The van der Waals surface area contributed by atoms with Crippen LogP contribution in [0.2, 0.25) is 0 Å². The fourth-order valence-corrected chi connectivity index (χ4v) is 6.63. The summed E-state index contributed by atoms with van der Waals surface area (Å²) < 4.78 is 5.96. The second-order valence-corrected chi connectivity index (χ2v) is 14.2. The molecule has 2 aromatic carbocycles. The molecule has 0 unspecified atom stereocenters. The van der Waals surface area contributed by atoms with E-state index in [4.69, 9.17) is 4.74 Å². The van der Waals surface area contributed by atoms with Crippen LogP contribution in [-0.4, -0.2) is 119 Å². The molecule has 0 aliphatic carbocycles. The topological polar surface area (TPSA) is 135 Å². The second kappa shape index (κ2) is 16.5. The molecule has 46 heavy (non-hydrogen) atoms. The molecule has 2 heterocycles. The lowest BCUT2D eigenvalue weighted by molar-refractivity contribution is -0.200. The average Bonchev–Trinajstić information content (AvgIpc) is 3.02. The Balaban J connectivity index is 1.22. The van der Waals surface area contributed by atoms with Crippen molar-refractivity contribution in [1.29, 1.82) is 0 Å². The van der Waals surface area contributed by atoms with E-state index < -0.39 is 35.4 Å². The number of likely N-dealkylation sites (N-methyl/N-ethyl adjacent to an activating group) is 1. The quantitative estimate of drug-likeness (QED) is 0.220. The first-order valence-corrected chi connectivity index (χ1v) is 17.6. The molecule has 11 heteroatoms. The third-order valence-electron chi connectivity index (χ3n) is 9.12. The number of aliphatic hydroxyl groups excluding tert-OH is 3. The van der Waals surface area contributed by atoms with Crippen molar-refractivity contribution in [2.24, 2.45) is 0 Å². The van der Waals surface area contributed by atoms with Gasteiger partial charge in [-0.2, -0.15) is 0 Å². The number of piperazine rings is 1. The van der Waals surface area contributed by atoms with Gasteiger partial charge in [0, 0.05) is 45.7 Å². The van der Waals surface area contributed by atoms with E-state index in [1.54, 1.807) is 20.1 Å². The third-order valence-corrected chi connectivity index (χ3v) is 9.97. The Morgan fingerprint density at radius 2 is 1.65 bits per heavy atom. The van der Waals surface area contributed by atoms with Crippen molar-refractivity contribution in [2.75, 3.05) is 52.6 Å². The molecule has 5 N–H and O–H groups in total. The van der Waals surface area contributed by atoms with E-state index in [2.05, 4.69) is 51.7 Å². The molecule has 2 saturated heterocycles. The number of thioether (sulfide) groups is 1. The van der Waals surface area contributed by atoms with Gasteiger partial charge in [-0.05, 0) is 81.2 Å². The molecule has 0 radical (unpaired) electrons. The third kappa shape index (κ3) is 9.76. The molecular weight excluding hydrogens is 604 g/mol. The molecule has 5 atom stereocenters. The highest BCUT2D eigenvalue weighted by molar-refractivity contribution is 7.99. The van der Waals surface area contributed by atoms with E-state index in [0.29, 0.717) is 25.8 Å². The molecule has 254 valence electrons. The minimum absolute atomic E-state index is 0.135. The number of nitrogens with one attached hydrogen (secondary N) is 2. The maximum absolute atomic E-state index is 12.7. The van der Waals surface area contributed by atoms with Gasteiger partial charge < -0.3 is 35.6 Å². The number of hydrogen-bond donors (Lipinski definition) is 5. The van der Waals surface area contributed by atoms with E-state index in [1.165, 1.54) is 11.8 Å². The summed E-state index contributed by atoms with van der Waals surface area (Å²) in [5.74, 6) is -0.307. The molecule has 2 aliphatic rings. The molecule has 2 amide bonds. The number of aliphatic hydroxyl groups is 3. The zero-order valence-electron chi connectivity index (χ0n) is 27.9. The SMILES string of the molecule is CS[C@H]1O[C@@H](c2ccc(C)c(Cc3ccc(CCCC(=O)NC(C)(C)C(=O)NCCN4CCN(C)CC4)cc3)c2)[C@H](O)[C@@H](O)[C@@H]1O. The molecule has 10 nitrogen and oxygen atoms in total. The van der Waals surface area contributed by atoms with Gasteiger partial charge in [-0.15, -0.1) is 11.8 Å². The number of aryl methyl sites for hydroxylation is 2. The molecular formula is C35H52N4O6S. The Morgan fingerprint density at radius 1 is 0.978 bits per heavy atom. The van der Waals surface area contributed by atoms with Crippen molar-refractivity contribution < 1.29 is 29.6 Å². The molecule has 2 fully saturated rings. The Kier molecular flexibility index (Phi) is 13.1. The summed E-state index contributed by atoms with van der Waals surface area (Å²) in [6, 6.07) is 14.2. The number of carbonyl (C=O) groups excluding carboxylic acids is 2. The number of carbonyl (C=O) groups is 2. The molecule has 4 rings (SSSR count). The zero-order chi connectivity index (χ0) is 33.4. The maximum atomic E-state index is 12.7. The molecule has 0 spiro atoms. The predicted octanol–water partition coefficient (Wildman–Crippen LogP) is 2.01. The summed E-state index contributed by atoms with van der Waals surface area (Å²) >= 11 is 1.30. The van der Waals surface area contributed by atoms with Gasteiger partial charge in [0.15, 0.2) is 0 Å². The average molecular weight is 657 g/mol. The molecule has 2 aromatic rings. The summed E-state index contributed by atoms with van der Waals surface area (Å²) in [7, 11) is 2.12. The van der Waals surface area contributed by atoms with Gasteiger partial charge in [-0.1, -0.05) is 42.5 Å². The van der Waals surface area contributed by atoms with Gasteiger partial charge in [0.05, 0.1) is 0 Å². The number of hydrogen-bond acceptors (Lipinski definition) is 9. The van der Waals surface area contributed by atoms with Crippen LogP contribution in [0.25, 0.3) is 0 Å². The Bertz CT molecular complexity index is 1300. The highest BCUT2D eigenvalue weighted by atomic mass is 32.2. The Morgan fingerprint density at radius 3 is 2.33 bits per heavy atom. The molecule has 0 aromatic heterocycles. The monoisotopic (exact) mass is 656 g/mol. The van der Waals surface area contributed by atoms with Crippen LogP contribution in [0.15, 0.2) is 42.5 Å². The largest absolute Gasteiger partial charge is 0.387 e. The van der Waals surface area contributed by atoms with Gasteiger partial charge in [0.1, 0.15) is 35.4 Å². The van der Waals surface area contributed by atoms with E-state index in [1.807, 2.05) is 25.1 Å². The van der Waals surface area contributed by atoms with Gasteiger partial charge in [0.2, 0.25) is 11.8 Å². The van der Waals surface area contributed by atoms with Crippen LogP contribution in [-0.2, 0) is 27.2 Å². The van der Waals surface area contributed by atoms with Gasteiger partial charge >= 0.3 is 0 Å². The summed E-state index contributed by atoms with van der Waals surface area (Å²) in [4.78, 5) is 30.1. The lowest BCUT2D eigenvalue weighted by atomic mass is 9.91. The first-order chi connectivity index (χ1) is 21.9. The van der Waals surface area contributed by atoms with Crippen LogP contribution < -0.4 is 10.6 Å². The van der Waals surface area contributed by atoms with Crippen molar-refractivity contribution in [3.05, 3.63) is 70.3 Å². The predicted molar refractivity (Wildman–Crippen MR) is 182 cm³/mol. The van der Waals surface area contributed by atoms with E-state index in [0.717, 1.165) is 67.0 Å². The molecule has 2 aliphatic heterocycles. The summed E-state index contributed by atoms with van der Waals surface area (Å²) in [6.07, 6.45) is -0.145. The van der Waals surface area contributed by atoms with Crippen molar-refractivity contribution >= 4 is 23.6 Å². The van der Waals surface area contributed by atoms with Crippen LogP contribution in [0.1, 0.15) is 60.6 Å². The van der Waals surface area contributed by atoms with Crippen molar-refractivity contribution in [1.82, 2.24) is 20.4 Å². The van der Waals surface area contributed by atoms with E-state index >= 15 is 0 Å². The summed E-state index contributed by atoms with van der Waals surface area (Å²) in [5.41, 5.74) is 3.62. The number of amides is 2. The van der Waals surface area contributed by atoms with Gasteiger partial charge in [-0.3, -0.25) is 14.5 Å². The fraction of sp³-hybridized carbons (Fsp3) is 0.600. The minimum atomic E-state index is -1.28. The number of nitrogens with zero attached hydrogens (tertiary/aromatic N) is 2. The molecule has 0 bridgehead atoms. The summed E-state index contributed by atoms with van der Waals surface area (Å²) in [6.45, 7) is 11.0. The fourth-order valence-electron chi connectivity index (χ4n) is 5.96. The highest BCUT2D eigenvalue weighted by Gasteiger charge is 2.44. The second-order valence-electron chi connectivity index (χ2n) is 13.2. The van der Waals surface area contributed by atoms with Crippen LogP contribution in [0.3, 0.4) is 0 Å². The standard InChI is InChI=1S/C35H52N4O6S/c1-23-9-14-26(32-30(42)29(41)31(43)33(45-32)46-5)22-27(23)21-25-12-10-24(11-13-25)7-6-8-28(40)37-35(2,3)34(44)36-15-16-39-19-17-38(4)18-20-39/h9-14,22,29-33,41-43H,6-8,15-21H2,1-5H3,(H,36,44)(H,37,40)/t29-,30-,31+,32+,33-/m1/s1. The highest BCUT2D eigenvalue weighted by Crippen LogP contribution is 2.36. The van der Waals surface area contributed by atoms with Crippen LogP contribution in [0.5, 0.6) is 0 Å². The van der Waals surface area contributed by atoms with Crippen molar-refractivity contribution in [3.63, 3.8) is 0 Å². The zero-order valence-corrected chi connectivity index (χ0v) is 28.7. The minimum Gasteiger partial charge on any atom is -0.387 e. The van der Waals surface area contributed by atoms with Crippen molar-refractivity contribution in [3.8, 4) is 0 Å². The normalized spacial score (nSPS) is 24.5. The molecule has 0 saturated carbocycles. The van der Waals surface area contributed by atoms with E-state index in [9.17, 15) is 24.9 Å². The van der Waals surface area contributed by atoms with Crippen LogP contribution >= 0.6 is 11.8 Å². The number of benzene rings is 2. The van der Waals surface area contributed by atoms with Crippen LogP contribution in [0.4, 0.5) is 0 Å². The first-order valence-electron chi connectivity index (χ1n) is 16.3. The first kappa shape index (κ1) is 36.3. The maximum Gasteiger partial charge on any atom is 0.245 e. The van der Waals surface area contributed by atoms with Crippen LogP contribution in [0, 0.1) is 6.92 Å². The van der Waals surface area contributed by atoms with Gasteiger partial charge in [-0.25, -0.2) is 0 Å². The van der Waals surface area contributed by atoms with Crippen molar-refractivity contribution in [2.45, 2.75) is 81.8 Å². The number of rotatable bonds is 13. The Labute approximate surface area is 277 Å². The smallest absolute Gasteiger partial charge is 0.245 e. The lowest BCUT2D eigenvalue weighted by Gasteiger charge is -2.40. The summed E-state index contributed by atoms with van der Waals surface area (Å²) in [5, 5.41) is 37.1. The Hall–Kier alpha value is -2.51.